The van der Waals surface area contributed by atoms with E-state index in [2.05, 4.69) is 14.9 Å². The van der Waals surface area contributed by atoms with Crippen LogP contribution in [-0.4, -0.2) is 28.1 Å². The zero-order chi connectivity index (χ0) is 18.7. The van der Waals surface area contributed by atoms with Crippen molar-refractivity contribution in [2.24, 2.45) is 0 Å². The van der Waals surface area contributed by atoms with Gasteiger partial charge in [0.05, 0.1) is 29.1 Å². The molecule has 1 aromatic heterocycles. The lowest BCUT2D eigenvalue weighted by Crippen LogP contribution is -2.11. The Morgan fingerprint density at radius 2 is 2.12 bits per heavy atom. The molecule has 0 saturated heterocycles. The molecule has 3 rings (SSSR count). The number of nitrogens with one attached hydrogen (secondary N) is 1. The minimum absolute atomic E-state index is 0.0427. The van der Waals surface area contributed by atoms with Gasteiger partial charge in [-0.25, -0.2) is 9.37 Å². The predicted molar refractivity (Wildman–Crippen MR) is 97.2 cm³/mol. The molecule has 7 nitrogen and oxygen atoms in total. The molecular formula is C18H19FN4O3. The predicted octanol–water partition coefficient (Wildman–Crippen LogP) is 3.77. The molecule has 0 unspecified atom stereocenters. The van der Waals surface area contributed by atoms with Crippen LogP contribution in [0.2, 0.25) is 0 Å². The van der Waals surface area contributed by atoms with Gasteiger partial charge in [0.1, 0.15) is 11.5 Å². The first-order valence-corrected chi connectivity index (χ1v) is 8.25. The molecule has 0 radical (unpaired) electrons. The summed E-state index contributed by atoms with van der Waals surface area (Å²) in [7, 11) is 1.32. The van der Waals surface area contributed by atoms with E-state index in [4.69, 9.17) is 4.74 Å². The number of anilines is 1. The topological polar surface area (TPSA) is 82.2 Å². The third-order valence-corrected chi connectivity index (χ3v) is 4.18. The van der Waals surface area contributed by atoms with E-state index in [1.807, 2.05) is 31.2 Å². The van der Waals surface area contributed by atoms with Crippen LogP contribution in [0.5, 0.6) is 5.75 Å². The van der Waals surface area contributed by atoms with E-state index in [0.29, 0.717) is 13.0 Å². The van der Waals surface area contributed by atoms with Crippen LogP contribution in [0.1, 0.15) is 12.7 Å². The number of nitro benzene ring substituents is 1. The summed E-state index contributed by atoms with van der Waals surface area (Å²) in [6, 6.07) is 10.0. The first-order chi connectivity index (χ1) is 12.5. The number of rotatable bonds is 7. The largest absolute Gasteiger partial charge is 0.494 e. The van der Waals surface area contributed by atoms with Gasteiger partial charge >= 0.3 is 0 Å². The number of ether oxygens (including phenoxy) is 1. The fourth-order valence-corrected chi connectivity index (χ4v) is 2.97. The molecule has 2 aromatic carbocycles. The molecule has 8 heteroatoms. The van der Waals surface area contributed by atoms with E-state index in [1.165, 1.54) is 13.2 Å². The molecule has 26 heavy (non-hydrogen) atoms. The highest BCUT2D eigenvalue weighted by molar-refractivity contribution is 5.76. The standard InChI is InChI=1S/C18H19FN4O3/c1-3-22-15-7-5-4-6-13(15)21-18(22)8-9-20-14-11-17(26-2)12(19)10-16(14)23(24)25/h4-7,10-11,20H,3,8-9H2,1-2H3. The highest BCUT2D eigenvalue weighted by Crippen LogP contribution is 2.31. The van der Waals surface area contributed by atoms with E-state index in [1.54, 1.807) is 0 Å². The van der Waals surface area contributed by atoms with E-state index >= 15 is 0 Å². The van der Waals surface area contributed by atoms with Crippen LogP contribution in [0.4, 0.5) is 15.8 Å². The van der Waals surface area contributed by atoms with Gasteiger partial charge in [-0.15, -0.1) is 0 Å². The molecule has 0 bridgehead atoms. The second-order valence-corrected chi connectivity index (χ2v) is 5.70. The summed E-state index contributed by atoms with van der Waals surface area (Å²) in [5.74, 6) is 0.0781. The molecule has 136 valence electrons. The van der Waals surface area contributed by atoms with Crippen LogP contribution in [0.25, 0.3) is 11.0 Å². The van der Waals surface area contributed by atoms with Gasteiger partial charge in [0.15, 0.2) is 11.6 Å². The molecule has 0 aliphatic heterocycles. The molecule has 0 spiro atoms. The van der Waals surface area contributed by atoms with Crippen molar-refractivity contribution < 1.29 is 14.1 Å². The van der Waals surface area contributed by atoms with Gasteiger partial charge < -0.3 is 14.6 Å². The second-order valence-electron chi connectivity index (χ2n) is 5.70. The van der Waals surface area contributed by atoms with Crippen LogP contribution < -0.4 is 10.1 Å². The first-order valence-electron chi connectivity index (χ1n) is 8.25. The lowest BCUT2D eigenvalue weighted by atomic mass is 10.2. The van der Waals surface area contributed by atoms with Crippen molar-refractivity contribution in [3.63, 3.8) is 0 Å². The summed E-state index contributed by atoms with van der Waals surface area (Å²) in [5, 5.41) is 14.2. The molecule has 3 aromatic rings. The molecule has 1 N–H and O–H groups in total. The maximum Gasteiger partial charge on any atom is 0.295 e. The summed E-state index contributed by atoms with van der Waals surface area (Å²) in [6.45, 7) is 3.24. The zero-order valence-electron chi connectivity index (χ0n) is 14.5. The number of hydrogen-bond donors (Lipinski definition) is 1. The fraction of sp³-hybridized carbons (Fsp3) is 0.278. The molecule has 0 amide bonds. The number of imidazole rings is 1. The number of nitrogens with zero attached hydrogens (tertiary/aromatic N) is 3. The van der Waals surface area contributed by atoms with Gasteiger partial charge in [-0.3, -0.25) is 10.1 Å². The Kier molecular flexibility index (Phi) is 5.01. The number of nitro groups is 1. The summed E-state index contributed by atoms with van der Waals surface area (Å²) in [6.07, 6.45) is 0.569. The average molecular weight is 358 g/mol. The van der Waals surface area contributed by atoms with Crippen LogP contribution in [0.3, 0.4) is 0 Å². The highest BCUT2D eigenvalue weighted by atomic mass is 19.1. The number of aryl methyl sites for hydroxylation is 1. The zero-order valence-corrected chi connectivity index (χ0v) is 14.5. The van der Waals surface area contributed by atoms with Gasteiger partial charge in [-0.2, -0.15) is 0 Å². The Labute approximate surface area is 149 Å². The van der Waals surface area contributed by atoms with Gasteiger partial charge in [0, 0.05) is 25.6 Å². The molecule has 0 aliphatic rings. The number of benzene rings is 2. The minimum atomic E-state index is -0.766. The Morgan fingerprint density at radius 1 is 1.35 bits per heavy atom. The van der Waals surface area contributed by atoms with Crippen molar-refractivity contribution in [1.29, 1.82) is 0 Å². The molecule has 0 aliphatic carbocycles. The van der Waals surface area contributed by atoms with Crippen molar-refractivity contribution >= 4 is 22.4 Å². The molecular weight excluding hydrogens is 339 g/mol. The van der Waals surface area contributed by atoms with Crippen molar-refractivity contribution in [2.45, 2.75) is 19.9 Å². The normalized spacial score (nSPS) is 10.9. The third kappa shape index (κ3) is 3.30. The minimum Gasteiger partial charge on any atom is -0.494 e. The number of aromatic nitrogens is 2. The van der Waals surface area contributed by atoms with Gasteiger partial charge in [-0.05, 0) is 19.1 Å². The maximum atomic E-state index is 13.7. The highest BCUT2D eigenvalue weighted by Gasteiger charge is 2.19. The van der Waals surface area contributed by atoms with Gasteiger partial charge in [-0.1, -0.05) is 12.1 Å². The van der Waals surface area contributed by atoms with Crippen LogP contribution >= 0.6 is 0 Å². The Morgan fingerprint density at radius 3 is 2.81 bits per heavy atom. The van der Waals surface area contributed by atoms with Crippen molar-refractivity contribution in [1.82, 2.24) is 9.55 Å². The van der Waals surface area contributed by atoms with E-state index in [9.17, 15) is 14.5 Å². The van der Waals surface area contributed by atoms with Crippen LogP contribution in [-0.2, 0) is 13.0 Å². The van der Waals surface area contributed by atoms with Crippen molar-refractivity contribution in [3.05, 3.63) is 58.2 Å². The van der Waals surface area contributed by atoms with Crippen LogP contribution in [0.15, 0.2) is 36.4 Å². The quantitative estimate of drug-likeness (QED) is 0.513. The number of hydrogen-bond acceptors (Lipinski definition) is 5. The molecule has 1 heterocycles. The Hall–Kier alpha value is -3.16. The summed E-state index contributed by atoms with van der Waals surface area (Å²) in [4.78, 5) is 15.2. The summed E-state index contributed by atoms with van der Waals surface area (Å²) >= 11 is 0. The van der Waals surface area contributed by atoms with Gasteiger partial charge in [0.2, 0.25) is 0 Å². The van der Waals surface area contributed by atoms with E-state index in [-0.39, 0.29) is 17.1 Å². The SMILES string of the molecule is CCn1c(CCNc2cc(OC)c(F)cc2[N+](=O)[O-])nc2ccccc21. The lowest BCUT2D eigenvalue weighted by Gasteiger charge is -2.10. The number of fused-ring (bicyclic) bond motifs is 1. The number of para-hydroxylation sites is 2. The molecule has 0 atom stereocenters. The smallest absolute Gasteiger partial charge is 0.295 e. The second kappa shape index (κ2) is 7.38. The van der Waals surface area contributed by atoms with E-state index < -0.39 is 10.7 Å². The average Bonchev–Trinajstić information content (AvgIpc) is 2.99. The van der Waals surface area contributed by atoms with Crippen LogP contribution in [0, 0.1) is 15.9 Å². The fourth-order valence-electron chi connectivity index (χ4n) is 2.97. The van der Waals surface area contributed by atoms with Gasteiger partial charge in [0.25, 0.3) is 5.69 Å². The lowest BCUT2D eigenvalue weighted by molar-refractivity contribution is -0.384. The summed E-state index contributed by atoms with van der Waals surface area (Å²) < 4.78 is 20.7. The van der Waals surface area contributed by atoms with Crippen molar-refractivity contribution in [2.75, 3.05) is 19.0 Å². The monoisotopic (exact) mass is 358 g/mol. The molecule has 0 saturated carbocycles. The Bertz CT molecular complexity index is 955. The maximum absolute atomic E-state index is 13.7. The van der Waals surface area contributed by atoms with E-state index in [0.717, 1.165) is 29.5 Å². The third-order valence-electron chi connectivity index (χ3n) is 4.18. The summed E-state index contributed by atoms with van der Waals surface area (Å²) in [5.41, 5.74) is 1.86. The first kappa shape index (κ1) is 17.7. The number of halogens is 1. The number of methoxy groups -OCH3 is 1. The molecule has 0 fully saturated rings. The van der Waals surface area contributed by atoms with Crippen molar-refractivity contribution in [3.8, 4) is 5.75 Å². The Balaban J connectivity index is 1.81.